The van der Waals surface area contributed by atoms with Crippen molar-refractivity contribution in [2.75, 3.05) is 18.5 Å². The number of halogens is 3. The number of Topliss-reactive ketones (excluding diaryl/α,β-unsaturated/α-hetero) is 1. The Bertz CT molecular complexity index is 1310. The maximum absolute atomic E-state index is 15.3. The lowest BCUT2D eigenvalue weighted by Crippen LogP contribution is -2.25. The number of hydrazone groups is 1. The summed E-state index contributed by atoms with van der Waals surface area (Å²) in [6, 6.07) is 4.97. The Hall–Kier alpha value is -4.15. The summed E-state index contributed by atoms with van der Waals surface area (Å²) in [6.45, 7) is 6.15. The third-order valence-electron chi connectivity index (χ3n) is 5.57. The van der Waals surface area contributed by atoms with E-state index in [0.29, 0.717) is 12.5 Å². The SMILES string of the molecule is C/C=C(\C=N/NCC1CC1)c1c(F)cc(NC(=O)C(=O)c2ccc(OC(C)(C)F)cc2F)cc1C(=O)OCC. The Morgan fingerprint density at radius 3 is 2.41 bits per heavy atom. The second kappa shape index (κ2) is 12.6. The first-order chi connectivity index (χ1) is 18.4. The molecule has 0 radical (unpaired) electrons. The van der Waals surface area contributed by atoms with Crippen LogP contribution in [0.3, 0.4) is 0 Å². The zero-order chi connectivity index (χ0) is 28.7. The molecule has 39 heavy (non-hydrogen) atoms. The van der Waals surface area contributed by atoms with Gasteiger partial charge in [0.25, 0.3) is 11.7 Å². The largest absolute Gasteiger partial charge is 0.462 e. The number of benzene rings is 2. The zero-order valence-electron chi connectivity index (χ0n) is 22.1. The predicted octanol–water partition coefficient (Wildman–Crippen LogP) is 5.44. The highest BCUT2D eigenvalue weighted by atomic mass is 19.2. The van der Waals surface area contributed by atoms with Crippen LogP contribution in [0.25, 0.3) is 5.57 Å². The first kappa shape index (κ1) is 29.4. The van der Waals surface area contributed by atoms with Crippen LogP contribution in [0, 0.1) is 17.6 Å². The van der Waals surface area contributed by atoms with Gasteiger partial charge >= 0.3 is 5.97 Å². The second-order valence-electron chi connectivity index (χ2n) is 9.30. The van der Waals surface area contributed by atoms with Gasteiger partial charge in [-0.05, 0) is 56.9 Å². The van der Waals surface area contributed by atoms with Crippen LogP contribution >= 0.6 is 0 Å². The van der Waals surface area contributed by atoms with Gasteiger partial charge in [-0.15, -0.1) is 0 Å². The number of nitrogens with one attached hydrogen (secondary N) is 2. The van der Waals surface area contributed by atoms with Crippen molar-refractivity contribution in [3.8, 4) is 5.75 Å². The van der Waals surface area contributed by atoms with Crippen molar-refractivity contribution in [3.05, 3.63) is 64.7 Å². The number of carbonyl (C=O) groups is 3. The van der Waals surface area contributed by atoms with Crippen LogP contribution in [-0.2, 0) is 9.53 Å². The molecular formula is C28H30F3N3O5. The Morgan fingerprint density at radius 1 is 1.10 bits per heavy atom. The van der Waals surface area contributed by atoms with Crippen molar-refractivity contribution < 1.29 is 37.0 Å². The minimum atomic E-state index is -2.09. The van der Waals surface area contributed by atoms with E-state index < -0.39 is 40.7 Å². The molecule has 1 saturated carbocycles. The number of nitrogens with zero attached hydrogens (tertiary/aromatic N) is 1. The minimum absolute atomic E-state index is 0.00967. The van der Waals surface area contributed by atoms with Crippen molar-refractivity contribution in [1.82, 2.24) is 5.43 Å². The Kier molecular flexibility index (Phi) is 9.50. The molecule has 8 nitrogen and oxygen atoms in total. The molecule has 1 amide bonds. The fourth-order valence-electron chi connectivity index (χ4n) is 3.58. The normalized spacial score (nSPS) is 13.8. The van der Waals surface area contributed by atoms with Gasteiger partial charge in [0.05, 0.1) is 23.9 Å². The number of ether oxygens (including phenoxy) is 2. The van der Waals surface area contributed by atoms with Gasteiger partial charge in [0.15, 0.2) is 0 Å². The molecule has 1 aliphatic carbocycles. The smallest absolute Gasteiger partial charge is 0.338 e. The molecule has 0 unspecified atom stereocenters. The summed E-state index contributed by atoms with van der Waals surface area (Å²) >= 11 is 0. The predicted molar refractivity (Wildman–Crippen MR) is 140 cm³/mol. The molecule has 11 heteroatoms. The van der Waals surface area contributed by atoms with Crippen LogP contribution in [0.5, 0.6) is 5.75 Å². The molecule has 1 aliphatic rings. The number of hydrogen-bond donors (Lipinski definition) is 2. The standard InChI is InChI=1S/C28H30F3N3O5/c1-5-17(15-33-32-14-16-7-8-16)24-21(27(37)38-6-2)11-18(12-23(24)30)34-26(36)25(35)20-10-9-19(13-22(20)29)39-28(3,4)31/h5,9-13,15-16,32H,6-8,14H2,1-4H3,(H,34,36)/b17-5+,33-15-. The van der Waals surface area contributed by atoms with E-state index in [-0.39, 0.29) is 34.7 Å². The van der Waals surface area contributed by atoms with Crippen LogP contribution in [0.2, 0.25) is 0 Å². The Balaban J connectivity index is 1.85. The number of hydrogen-bond acceptors (Lipinski definition) is 7. The van der Waals surface area contributed by atoms with Gasteiger partial charge in [-0.1, -0.05) is 6.08 Å². The summed E-state index contributed by atoms with van der Waals surface area (Å²) < 4.78 is 53.5. The molecule has 0 heterocycles. The zero-order valence-corrected chi connectivity index (χ0v) is 22.1. The quantitative estimate of drug-likeness (QED) is 0.121. The first-order valence-electron chi connectivity index (χ1n) is 12.4. The van der Waals surface area contributed by atoms with Crippen LogP contribution in [0.15, 0.2) is 41.5 Å². The van der Waals surface area contributed by atoms with E-state index in [4.69, 9.17) is 9.47 Å². The number of allylic oxidation sites excluding steroid dienone is 2. The van der Waals surface area contributed by atoms with Gasteiger partial charge in [-0.3, -0.25) is 9.59 Å². The summed E-state index contributed by atoms with van der Waals surface area (Å²) in [5.74, 6) is -7.12. The average molecular weight is 546 g/mol. The summed E-state index contributed by atoms with van der Waals surface area (Å²) in [7, 11) is 0. The summed E-state index contributed by atoms with van der Waals surface area (Å²) in [6.07, 6.45) is 5.19. The van der Waals surface area contributed by atoms with Crippen LogP contribution in [-0.4, -0.2) is 42.9 Å². The molecule has 0 aliphatic heterocycles. The fourth-order valence-corrected chi connectivity index (χ4v) is 3.58. The Morgan fingerprint density at radius 2 is 1.82 bits per heavy atom. The molecule has 0 saturated heterocycles. The fraction of sp³-hybridized carbons (Fsp3) is 0.357. The molecular weight excluding hydrogens is 515 g/mol. The van der Waals surface area contributed by atoms with Crippen LogP contribution in [0.4, 0.5) is 18.9 Å². The van der Waals surface area contributed by atoms with Crippen LogP contribution in [0.1, 0.15) is 66.8 Å². The lowest BCUT2D eigenvalue weighted by molar-refractivity contribution is -0.112. The van der Waals surface area contributed by atoms with E-state index in [1.165, 1.54) is 6.21 Å². The van der Waals surface area contributed by atoms with Gasteiger partial charge < -0.3 is 20.2 Å². The van der Waals surface area contributed by atoms with E-state index in [1.54, 1.807) is 19.9 Å². The minimum Gasteiger partial charge on any atom is -0.462 e. The molecule has 0 aromatic heterocycles. The molecule has 2 aromatic rings. The number of ketones is 1. The molecule has 2 aromatic carbocycles. The maximum atomic E-state index is 15.3. The summed E-state index contributed by atoms with van der Waals surface area (Å²) in [4.78, 5) is 37.9. The number of esters is 1. The summed E-state index contributed by atoms with van der Waals surface area (Å²) in [5.41, 5.74) is 2.04. The van der Waals surface area contributed by atoms with E-state index in [2.05, 4.69) is 15.8 Å². The highest BCUT2D eigenvalue weighted by molar-refractivity contribution is 6.46. The average Bonchev–Trinajstić information content (AvgIpc) is 3.68. The lowest BCUT2D eigenvalue weighted by atomic mass is 9.98. The van der Waals surface area contributed by atoms with Crippen molar-refractivity contribution in [3.63, 3.8) is 0 Å². The van der Waals surface area contributed by atoms with E-state index >= 15 is 4.39 Å². The van der Waals surface area contributed by atoms with Gasteiger partial charge in [-0.25, -0.2) is 13.6 Å². The van der Waals surface area contributed by atoms with Crippen molar-refractivity contribution in [2.45, 2.75) is 46.4 Å². The molecule has 208 valence electrons. The molecule has 3 rings (SSSR count). The molecule has 0 spiro atoms. The third kappa shape index (κ3) is 8.17. The van der Waals surface area contributed by atoms with Crippen LogP contribution < -0.4 is 15.5 Å². The van der Waals surface area contributed by atoms with Gasteiger partial charge in [0.1, 0.15) is 17.4 Å². The molecule has 0 bridgehead atoms. The number of carbonyl (C=O) groups excluding carboxylic acids is 3. The van der Waals surface area contributed by atoms with E-state index in [9.17, 15) is 23.2 Å². The number of anilines is 1. The van der Waals surface area contributed by atoms with E-state index in [1.807, 2.05) is 0 Å². The topological polar surface area (TPSA) is 106 Å². The van der Waals surface area contributed by atoms with Gasteiger partial charge in [0.2, 0.25) is 5.85 Å². The van der Waals surface area contributed by atoms with E-state index in [0.717, 1.165) is 57.0 Å². The summed E-state index contributed by atoms with van der Waals surface area (Å²) in [5, 5.41) is 6.30. The number of alkyl halides is 1. The molecule has 2 N–H and O–H groups in total. The highest BCUT2D eigenvalue weighted by Gasteiger charge is 2.25. The third-order valence-corrected chi connectivity index (χ3v) is 5.57. The maximum Gasteiger partial charge on any atom is 0.338 e. The van der Waals surface area contributed by atoms with Crippen molar-refractivity contribution >= 4 is 35.1 Å². The highest BCUT2D eigenvalue weighted by Crippen LogP contribution is 2.29. The second-order valence-corrected chi connectivity index (χ2v) is 9.30. The van der Waals surface area contributed by atoms with Gasteiger partial charge in [-0.2, -0.15) is 9.49 Å². The lowest BCUT2D eigenvalue weighted by Gasteiger charge is -2.17. The molecule has 1 fully saturated rings. The van der Waals surface area contributed by atoms with Crippen molar-refractivity contribution in [1.29, 1.82) is 0 Å². The van der Waals surface area contributed by atoms with Crippen molar-refractivity contribution in [2.24, 2.45) is 11.0 Å². The monoisotopic (exact) mass is 545 g/mol. The van der Waals surface area contributed by atoms with Gasteiger partial charge in [0, 0.05) is 43.3 Å². The Labute approximate surface area is 224 Å². The number of amides is 1. The number of rotatable bonds is 12. The molecule has 0 atom stereocenters. The first-order valence-corrected chi connectivity index (χ1v) is 12.4.